The number of fused-ring (bicyclic) bond motifs is 1. The molecule has 132 valence electrons. The van der Waals surface area contributed by atoms with Crippen LogP contribution in [0.25, 0.3) is 0 Å². The highest BCUT2D eigenvalue weighted by Crippen LogP contribution is 2.34. The first kappa shape index (κ1) is 17.4. The Hall–Kier alpha value is -1.40. The molecule has 1 amide bonds. The lowest BCUT2D eigenvalue weighted by Crippen LogP contribution is -2.34. The highest BCUT2D eigenvalue weighted by molar-refractivity contribution is 7.99. The van der Waals surface area contributed by atoms with E-state index in [0.717, 1.165) is 37.7 Å². The summed E-state index contributed by atoms with van der Waals surface area (Å²) >= 11 is 1.64. The van der Waals surface area contributed by atoms with E-state index in [0.29, 0.717) is 30.7 Å². The molecule has 2 saturated heterocycles. The van der Waals surface area contributed by atoms with Crippen molar-refractivity contribution < 1.29 is 9.53 Å². The standard InChI is InChI=1S/C18H27N3O2S/c1-2-23-17-5-3-16(4-6-17)20-9-14-11-21(12-15(14)10-20)18(22)13-24-8-7-19/h3-6,14-15H,2,7-13,19H2,1H3/t14-,15+. The quantitative estimate of drug-likeness (QED) is 0.759. The van der Waals surface area contributed by atoms with Crippen molar-refractivity contribution in [3.63, 3.8) is 0 Å². The van der Waals surface area contributed by atoms with E-state index in [2.05, 4.69) is 17.0 Å². The number of benzene rings is 1. The van der Waals surface area contributed by atoms with Crippen LogP contribution in [0.5, 0.6) is 5.75 Å². The molecule has 2 aliphatic heterocycles. The molecule has 1 aromatic rings. The van der Waals surface area contributed by atoms with Gasteiger partial charge in [-0.3, -0.25) is 4.79 Å². The molecule has 3 rings (SSSR count). The fraction of sp³-hybridized carbons (Fsp3) is 0.611. The molecule has 2 fully saturated rings. The normalized spacial score (nSPS) is 22.8. The zero-order valence-corrected chi connectivity index (χ0v) is 15.1. The van der Waals surface area contributed by atoms with Crippen molar-refractivity contribution in [2.24, 2.45) is 17.6 Å². The summed E-state index contributed by atoms with van der Waals surface area (Å²) in [5, 5.41) is 0. The molecule has 0 aromatic heterocycles. The molecule has 2 aliphatic rings. The number of thioether (sulfide) groups is 1. The Balaban J connectivity index is 1.50. The summed E-state index contributed by atoms with van der Waals surface area (Å²) in [7, 11) is 0. The lowest BCUT2D eigenvalue weighted by atomic mass is 10.0. The molecule has 24 heavy (non-hydrogen) atoms. The highest BCUT2D eigenvalue weighted by atomic mass is 32.2. The molecule has 5 nitrogen and oxygen atoms in total. The van der Waals surface area contributed by atoms with E-state index in [4.69, 9.17) is 10.5 Å². The number of hydrogen-bond acceptors (Lipinski definition) is 5. The SMILES string of the molecule is CCOc1ccc(N2C[C@H]3CN(C(=O)CSCCN)C[C@H]3C2)cc1. The van der Waals surface area contributed by atoms with Crippen molar-refractivity contribution in [2.75, 3.05) is 55.7 Å². The molecule has 2 heterocycles. The van der Waals surface area contributed by atoms with Gasteiger partial charge in [0.1, 0.15) is 5.75 Å². The Morgan fingerprint density at radius 2 is 1.88 bits per heavy atom. The van der Waals surface area contributed by atoms with E-state index in [1.165, 1.54) is 5.69 Å². The van der Waals surface area contributed by atoms with Gasteiger partial charge in [0.25, 0.3) is 0 Å². The molecule has 6 heteroatoms. The van der Waals surface area contributed by atoms with E-state index in [-0.39, 0.29) is 5.91 Å². The zero-order chi connectivity index (χ0) is 16.9. The highest BCUT2D eigenvalue weighted by Gasteiger charge is 2.41. The number of carbonyl (C=O) groups is 1. The summed E-state index contributed by atoms with van der Waals surface area (Å²) in [5.74, 6) is 3.82. The minimum Gasteiger partial charge on any atom is -0.494 e. The monoisotopic (exact) mass is 349 g/mol. The molecular formula is C18H27N3O2S. The fourth-order valence-corrected chi connectivity index (χ4v) is 4.33. The maximum absolute atomic E-state index is 12.2. The van der Waals surface area contributed by atoms with Gasteiger partial charge in [0.2, 0.25) is 5.91 Å². The number of ether oxygens (including phenoxy) is 1. The molecule has 1 aromatic carbocycles. The van der Waals surface area contributed by atoms with Gasteiger partial charge < -0.3 is 20.3 Å². The average Bonchev–Trinajstić information content (AvgIpc) is 3.15. The van der Waals surface area contributed by atoms with E-state index < -0.39 is 0 Å². The van der Waals surface area contributed by atoms with Crippen molar-refractivity contribution in [3.05, 3.63) is 24.3 Å². The van der Waals surface area contributed by atoms with Gasteiger partial charge >= 0.3 is 0 Å². The van der Waals surface area contributed by atoms with Gasteiger partial charge in [-0.15, -0.1) is 0 Å². The van der Waals surface area contributed by atoms with Crippen LogP contribution >= 0.6 is 11.8 Å². The Bertz CT molecular complexity index is 538. The number of rotatable bonds is 7. The Labute approximate surface area is 148 Å². The molecule has 0 unspecified atom stereocenters. The first-order valence-corrected chi connectivity index (χ1v) is 9.90. The molecule has 2 N–H and O–H groups in total. The summed E-state index contributed by atoms with van der Waals surface area (Å²) in [6.07, 6.45) is 0. The van der Waals surface area contributed by atoms with Crippen LogP contribution in [0.4, 0.5) is 5.69 Å². The second-order valence-electron chi connectivity index (χ2n) is 6.49. The summed E-state index contributed by atoms with van der Waals surface area (Å²) < 4.78 is 5.51. The summed E-state index contributed by atoms with van der Waals surface area (Å²) in [5.41, 5.74) is 6.73. The average molecular weight is 350 g/mol. The van der Waals surface area contributed by atoms with E-state index >= 15 is 0 Å². The zero-order valence-electron chi connectivity index (χ0n) is 14.3. The number of likely N-dealkylation sites (tertiary alicyclic amines) is 1. The molecule has 0 spiro atoms. The molecule has 0 radical (unpaired) electrons. The lowest BCUT2D eigenvalue weighted by molar-refractivity contribution is -0.127. The number of amides is 1. The molecule has 0 bridgehead atoms. The van der Waals surface area contributed by atoms with Crippen molar-refractivity contribution in [2.45, 2.75) is 6.92 Å². The van der Waals surface area contributed by atoms with Crippen LogP contribution in [0.1, 0.15) is 6.92 Å². The van der Waals surface area contributed by atoms with Crippen LogP contribution in [-0.2, 0) is 4.79 Å². The minimum absolute atomic E-state index is 0.274. The smallest absolute Gasteiger partial charge is 0.232 e. The predicted octanol–water partition coefficient (Wildman–Crippen LogP) is 1.67. The largest absolute Gasteiger partial charge is 0.494 e. The molecule has 0 aliphatic carbocycles. The maximum Gasteiger partial charge on any atom is 0.232 e. The Morgan fingerprint density at radius 1 is 1.21 bits per heavy atom. The van der Waals surface area contributed by atoms with Crippen molar-refractivity contribution in [1.82, 2.24) is 4.90 Å². The van der Waals surface area contributed by atoms with E-state index in [9.17, 15) is 4.79 Å². The van der Waals surface area contributed by atoms with Crippen molar-refractivity contribution in [1.29, 1.82) is 0 Å². The molecule has 2 atom stereocenters. The van der Waals surface area contributed by atoms with E-state index in [1.807, 2.05) is 24.0 Å². The van der Waals surface area contributed by atoms with Crippen LogP contribution in [0.15, 0.2) is 24.3 Å². The van der Waals surface area contributed by atoms with E-state index in [1.54, 1.807) is 11.8 Å². The van der Waals surface area contributed by atoms with Crippen LogP contribution in [0.2, 0.25) is 0 Å². The molecule has 0 saturated carbocycles. The van der Waals surface area contributed by atoms with Gasteiger partial charge in [-0.25, -0.2) is 0 Å². The lowest BCUT2D eigenvalue weighted by Gasteiger charge is -2.23. The third kappa shape index (κ3) is 3.98. The van der Waals surface area contributed by atoms with Crippen molar-refractivity contribution in [3.8, 4) is 5.75 Å². The third-order valence-electron chi connectivity index (χ3n) is 4.84. The van der Waals surface area contributed by atoms with Gasteiger partial charge in [0.05, 0.1) is 12.4 Å². The summed E-state index contributed by atoms with van der Waals surface area (Å²) in [4.78, 5) is 16.7. The van der Waals surface area contributed by atoms with Gasteiger partial charge in [0, 0.05) is 56.0 Å². The second kappa shape index (κ2) is 8.12. The first-order chi connectivity index (χ1) is 11.7. The van der Waals surface area contributed by atoms with Gasteiger partial charge in [0.15, 0.2) is 0 Å². The summed E-state index contributed by atoms with van der Waals surface area (Å²) in [6, 6.07) is 8.35. The minimum atomic E-state index is 0.274. The number of nitrogens with zero attached hydrogens (tertiary/aromatic N) is 2. The van der Waals surface area contributed by atoms with Crippen LogP contribution in [0.3, 0.4) is 0 Å². The van der Waals surface area contributed by atoms with Gasteiger partial charge in [-0.1, -0.05) is 0 Å². The van der Waals surface area contributed by atoms with Crippen LogP contribution < -0.4 is 15.4 Å². The first-order valence-electron chi connectivity index (χ1n) is 8.74. The number of carbonyl (C=O) groups excluding carboxylic acids is 1. The Kier molecular flexibility index (Phi) is 5.89. The fourth-order valence-electron chi connectivity index (χ4n) is 3.66. The second-order valence-corrected chi connectivity index (χ2v) is 7.60. The number of anilines is 1. The topological polar surface area (TPSA) is 58.8 Å². The van der Waals surface area contributed by atoms with Crippen LogP contribution in [0, 0.1) is 11.8 Å². The van der Waals surface area contributed by atoms with Crippen LogP contribution in [-0.4, -0.2) is 61.6 Å². The van der Waals surface area contributed by atoms with Crippen molar-refractivity contribution >= 4 is 23.4 Å². The van der Waals surface area contributed by atoms with Gasteiger partial charge in [-0.2, -0.15) is 11.8 Å². The Morgan fingerprint density at radius 3 is 2.46 bits per heavy atom. The number of nitrogens with two attached hydrogens (primary N) is 1. The maximum atomic E-state index is 12.2. The third-order valence-corrected chi connectivity index (χ3v) is 5.82. The molecular weight excluding hydrogens is 322 g/mol. The predicted molar refractivity (Wildman–Crippen MR) is 99.8 cm³/mol. The summed E-state index contributed by atoms with van der Waals surface area (Å²) in [6.45, 7) is 7.22. The number of hydrogen-bond donors (Lipinski definition) is 1. The van der Waals surface area contributed by atoms with Gasteiger partial charge in [-0.05, 0) is 31.2 Å².